The van der Waals surface area contributed by atoms with E-state index in [0.29, 0.717) is 6.61 Å². The summed E-state index contributed by atoms with van der Waals surface area (Å²) in [6.45, 7) is 6.39. The molecule has 0 aromatic rings. The lowest BCUT2D eigenvalue weighted by Gasteiger charge is -2.05. The summed E-state index contributed by atoms with van der Waals surface area (Å²) in [5, 5.41) is 0. The molecule has 0 spiro atoms. The third kappa shape index (κ3) is 7.13. The molecule has 1 fully saturated rings. The molecule has 0 radical (unpaired) electrons. The minimum atomic E-state index is -0.644. The van der Waals surface area contributed by atoms with Gasteiger partial charge in [0.15, 0.2) is 5.60 Å². The van der Waals surface area contributed by atoms with Crippen LogP contribution in [-0.4, -0.2) is 24.3 Å². The first kappa shape index (κ1) is 19.5. The first-order chi connectivity index (χ1) is 10.6. The average Bonchev–Trinajstić information content (AvgIpc) is 3.17. The van der Waals surface area contributed by atoms with E-state index in [1.54, 1.807) is 0 Å². The molecule has 1 aliphatic rings. The van der Waals surface area contributed by atoms with Crippen LogP contribution < -0.4 is 0 Å². The van der Waals surface area contributed by atoms with Gasteiger partial charge in [-0.3, -0.25) is 0 Å². The highest BCUT2D eigenvalue weighted by atomic mass is 16.7. The van der Waals surface area contributed by atoms with Crippen molar-refractivity contribution < 1.29 is 14.3 Å². The van der Waals surface area contributed by atoms with Crippen LogP contribution >= 0.6 is 0 Å². The Kier molecular flexibility index (Phi) is 9.77. The van der Waals surface area contributed by atoms with Crippen LogP contribution in [0.3, 0.4) is 0 Å². The van der Waals surface area contributed by atoms with Gasteiger partial charge in [0, 0.05) is 0 Å². The molecule has 1 rings (SSSR count). The fourth-order valence-electron chi connectivity index (χ4n) is 3.04. The molecule has 0 unspecified atom stereocenters. The van der Waals surface area contributed by atoms with Crippen LogP contribution in [0.1, 0.15) is 97.8 Å². The van der Waals surface area contributed by atoms with Crippen molar-refractivity contribution in [2.24, 2.45) is 0 Å². The van der Waals surface area contributed by atoms with E-state index in [1.807, 2.05) is 13.8 Å². The van der Waals surface area contributed by atoms with Gasteiger partial charge in [0.2, 0.25) is 0 Å². The Labute approximate surface area is 137 Å². The van der Waals surface area contributed by atoms with Crippen LogP contribution in [-0.2, 0) is 14.3 Å². The summed E-state index contributed by atoms with van der Waals surface area (Å²) in [4.78, 5) is 11.7. The molecule has 1 aliphatic heterocycles. The summed E-state index contributed by atoms with van der Waals surface area (Å²) in [5.74, 6) is -0.192. The van der Waals surface area contributed by atoms with Gasteiger partial charge in [-0.1, -0.05) is 77.6 Å². The number of esters is 1. The van der Waals surface area contributed by atoms with Gasteiger partial charge in [-0.25, -0.2) is 4.79 Å². The Hall–Kier alpha value is -0.570. The molecule has 22 heavy (non-hydrogen) atoms. The molecular formula is C19H36O3. The SMILES string of the molecule is CCCCCCCCCCCCC[C@H]1O[C@]1(C)C(=O)OCC. The van der Waals surface area contributed by atoms with Crippen molar-refractivity contribution in [2.45, 2.75) is 110 Å². The standard InChI is InChI=1S/C19H36O3/c1-4-6-7-8-9-10-11-12-13-14-15-16-17-19(3,22-17)18(20)21-5-2/h17H,4-16H2,1-3H3/t17-,19+/m1/s1. The fraction of sp³-hybridized carbons (Fsp3) is 0.947. The van der Waals surface area contributed by atoms with E-state index in [1.165, 1.54) is 64.2 Å². The molecule has 0 bridgehead atoms. The number of carbonyl (C=O) groups is 1. The van der Waals surface area contributed by atoms with Gasteiger partial charge in [0.1, 0.15) is 0 Å². The zero-order chi connectivity index (χ0) is 16.3. The van der Waals surface area contributed by atoms with Crippen LogP contribution in [0.15, 0.2) is 0 Å². The van der Waals surface area contributed by atoms with E-state index >= 15 is 0 Å². The number of ether oxygens (including phenoxy) is 2. The van der Waals surface area contributed by atoms with Crippen molar-refractivity contribution in [1.82, 2.24) is 0 Å². The Bertz CT molecular complexity index is 303. The van der Waals surface area contributed by atoms with E-state index in [-0.39, 0.29) is 12.1 Å². The summed E-state index contributed by atoms with van der Waals surface area (Å²) < 4.78 is 10.6. The molecule has 0 aromatic heterocycles. The van der Waals surface area contributed by atoms with Crippen molar-refractivity contribution in [2.75, 3.05) is 6.61 Å². The predicted molar refractivity (Wildman–Crippen MR) is 91.0 cm³/mol. The van der Waals surface area contributed by atoms with Crippen LogP contribution in [0.25, 0.3) is 0 Å². The molecule has 0 saturated carbocycles. The van der Waals surface area contributed by atoms with Gasteiger partial charge in [0.25, 0.3) is 0 Å². The van der Waals surface area contributed by atoms with Crippen LogP contribution in [0, 0.1) is 0 Å². The third-order valence-corrected chi connectivity index (χ3v) is 4.69. The quantitative estimate of drug-likeness (QED) is 0.244. The van der Waals surface area contributed by atoms with Crippen molar-refractivity contribution >= 4 is 5.97 Å². The molecule has 0 aromatic carbocycles. The summed E-state index contributed by atoms with van der Waals surface area (Å²) >= 11 is 0. The van der Waals surface area contributed by atoms with Gasteiger partial charge < -0.3 is 9.47 Å². The lowest BCUT2D eigenvalue weighted by molar-refractivity contribution is -0.148. The number of carbonyl (C=O) groups excluding carboxylic acids is 1. The highest BCUT2D eigenvalue weighted by molar-refractivity contribution is 5.82. The van der Waals surface area contributed by atoms with Crippen LogP contribution in [0.4, 0.5) is 0 Å². The molecule has 0 aliphatic carbocycles. The van der Waals surface area contributed by atoms with Crippen molar-refractivity contribution in [3.8, 4) is 0 Å². The van der Waals surface area contributed by atoms with Crippen molar-refractivity contribution in [3.05, 3.63) is 0 Å². The number of rotatable bonds is 14. The minimum absolute atomic E-state index is 0.0881. The minimum Gasteiger partial charge on any atom is -0.464 e. The highest BCUT2D eigenvalue weighted by Crippen LogP contribution is 2.40. The zero-order valence-corrected chi connectivity index (χ0v) is 15.0. The van der Waals surface area contributed by atoms with Gasteiger partial charge in [-0.05, 0) is 20.3 Å². The summed E-state index contributed by atoms with van der Waals surface area (Å²) in [5.41, 5.74) is -0.644. The van der Waals surface area contributed by atoms with Crippen molar-refractivity contribution in [1.29, 1.82) is 0 Å². The van der Waals surface area contributed by atoms with E-state index in [2.05, 4.69) is 6.92 Å². The maximum absolute atomic E-state index is 11.7. The Balaban J connectivity index is 1.86. The molecule has 0 N–H and O–H groups in total. The second-order valence-corrected chi connectivity index (χ2v) is 6.76. The second-order valence-electron chi connectivity index (χ2n) is 6.76. The lowest BCUT2D eigenvalue weighted by Crippen LogP contribution is -2.26. The monoisotopic (exact) mass is 312 g/mol. The van der Waals surface area contributed by atoms with Gasteiger partial charge in [-0.15, -0.1) is 0 Å². The van der Waals surface area contributed by atoms with Crippen LogP contribution in [0.2, 0.25) is 0 Å². The van der Waals surface area contributed by atoms with E-state index in [4.69, 9.17) is 9.47 Å². The second kappa shape index (κ2) is 11.0. The molecule has 3 heteroatoms. The van der Waals surface area contributed by atoms with E-state index in [9.17, 15) is 4.79 Å². The number of hydrogen-bond donors (Lipinski definition) is 0. The molecule has 0 amide bonds. The zero-order valence-electron chi connectivity index (χ0n) is 15.0. The van der Waals surface area contributed by atoms with E-state index < -0.39 is 5.60 Å². The topological polar surface area (TPSA) is 38.8 Å². The predicted octanol–water partition coefficient (Wildman–Crippen LogP) is 5.41. The highest BCUT2D eigenvalue weighted by Gasteiger charge is 2.59. The Morgan fingerprint density at radius 1 is 0.909 bits per heavy atom. The maximum atomic E-state index is 11.7. The van der Waals surface area contributed by atoms with Gasteiger partial charge in [0.05, 0.1) is 12.7 Å². The normalized spacial score (nSPS) is 23.5. The summed E-state index contributed by atoms with van der Waals surface area (Å²) in [6, 6.07) is 0. The first-order valence-electron chi connectivity index (χ1n) is 9.50. The van der Waals surface area contributed by atoms with Gasteiger partial charge in [-0.2, -0.15) is 0 Å². The van der Waals surface area contributed by atoms with Crippen molar-refractivity contribution in [3.63, 3.8) is 0 Å². The first-order valence-corrected chi connectivity index (χ1v) is 9.50. The Morgan fingerprint density at radius 3 is 1.91 bits per heavy atom. The maximum Gasteiger partial charge on any atom is 0.340 e. The largest absolute Gasteiger partial charge is 0.464 e. The molecule has 3 nitrogen and oxygen atoms in total. The lowest BCUT2D eigenvalue weighted by atomic mass is 10.0. The fourth-order valence-corrected chi connectivity index (χ4v) is 3.04. The summed E-state index contributed by atoms with van der Waals surface area (Å²) in [7, 11) is 0. The molecule has 1 saturated heterocycles. The smallest absolute Gasteiger partial charge is 0.340 e. The third-order valence-electron chi connectivity index (χ3n) is 4.69. The molecule has 2 atom stereocenters. The van der Waals surface area contributed by atoms with E-state index in [0.717, 1.165) is 12.8 Å². The number of hydrogen-bond acceptors (Lipinski definition) is 3. The molecule has 1 heterocycles. The average molecular weight is 312 g/mol. The van der Waals surface area contributed by atoms with Gasteiger partial charge >= 0.3 is 5.97 Å². The van der Waals surface area contributed by atoms with Crippen LogP contribution in [0.5, 0.6) is 0 Å². The number of epoxide rings is 1. The number of unbranched alkanes of at least 4 members (excludes halogenated alkanes) is 10. The molecular weight excluding hydrogens is 276 g/mol. The Morgan fingerprint density at radius 2 is 1.41 bits per heavy atom. The molecule has 130 valence electrons. The summed E-state index contributed by atoms with van der Waals surface area (Å²) in [6.07, 6.45) is 15.9.